The van der Waals surface area contributed by atoms with Gasteiger partial charge in [0, 0.05) is 18.2 Å². The number of carbonyl (C=O) groups excluding carboxylic acids is 1. The van der Waals surface area contributed by atoms with Gasteiger partial charge in [-0.3, -0.25) is 14.5 Å². The summed E-state index contributed by atoms with van der Waals surface area (Å²) in [7, 11) is -3.58. The molecule has 6 nitrogen and oxygen atoms in total. The van der Waals surface area contributed by atoms with Crippen molar-refractivity contribution >= 4 is 21.8 Å². The van der Waals surface area contributed by atoms with E-state index in [0.29, 0.717) is 5.56 Å². The van der Waals surface area contributed by atoms with Crippen LogP contribution in [0.15, 0.2) is 64.5 Å². The summed E-state index contributed by atoms with van der Waals surface area (Å²) in [5.41, 5.74) is 1.80. The third-order valence-electron chi connectivity index (χ3n) is 5.34. The predicted molar refractivity (Wildman–Crippen MR) is 108 cm³/mol. The number of aryl methyl sites for hydroxylation is 1. The van der Waals surface area contributed by atoms with Gasteiger partial charge in [-0.25, -0.2) is 8.42 Å². The molecular weight excluding hydrogens is 374 g/mol. The fraction of sp³-hybridized carbons (Fsp3) is 0.333. The Hall–Kier alpha value is -2.67. The van der Waals surface area contributed by atoms with E-state index >= 15 is 0 Å². The molecule has 4 rings (SSSR count). The number of sulfonamides is 1. The highest BCUT2D eigenvalue weighted by Gasteiger charge is 2.31. The fourth-order valence-electron chi connectivity index (χ4n) is 3.93. The molecule has 0 unspecified atom stereocenters. The van der Waals surface area contributed by atoms with Crippen molar-refractivity contribution in [3.8, 4) is 0 Å². The van der Waals surface area contributed by atoms with Crippen LogP contribution in [0.25, 0.3) is 0 Å². The van der Waals surface area contributed by atoms with Gasteiger partial charge in [0.15, 0.2) is 0 Å². The van der Waals surface area contributed by atoms with Gasteiger partial charge < -0.3 is 4.90 Å². The molecule has 2 aliphatic heterocycles. The maximum absolute atomic E-state index is 12.7. The van der Waals surface area contributed by atoms with Crippen molar-refractivity contribution in [1.82, 2.24) is 9.62 Å². The summed E-state index contributed by atoms with van der Waals surface area (Å²) in [5, 5.41) is 0. The van der Waals surface area contributed by atoms with Crippen LogP contribution in [0.1, 0.15) is 30.4 Å². The van der Waals surface area contributed by atoms with E-state index in [-0.39, 0.29) is 29.2 Å². The van der Waals surface area contributed by atoms with Crippen molar-refractivity contribution in [2.75, 3.05) is 13.1 Å². The SMILES string of the molecule is O=C(CN=C1NS(=O)(=O)c2ccccc21)N1CCC[C@@H]1CCc1ccccc1. The number of nitrogens with zero attached hydrogens (tertiary/aromatic N) is 2. The summed E-state index contributed by atoms with van der Waals surface area (Å²) in [4.78, 5) is 19.1. The Balaban J connectivity index is 1.41. The number of fused-ring (bicyclic) bond motifs is 1. The van der Waals surface area contributed by atoms with E-state index in [1.54, 1.807) is 24.3 Å². The number of hydrogen-bond donors (Lipinski definition) is 1. The second-order valence-electron chi connectivity index (χ2n) is 7.17. The van der Waals surface area contributed by atoms with Gasteiger partial charge in [-0.2, -0.15) is 0 Å². The molecule has 1 atom stereocenters. The Labute approximate surface area is 165 Å². The monoisotopic (exact) mass is 397 g/mol. The largest absolute Gasteiger partial charge is 0.338 e. The molecule has 0 aromatic heterocycles. The molecule has 0 spiro atoms. The molecule has 0 radical (unpaired) electrons. The van der Waals surface area contributed by atoms with Crippen LogP contribution < -0.4 is 4.72 Å². The fourth-order valence-corrected chi connectivity index (χ4v) is 5.18. The summed E-state index contributed by atoms with van der Waals surface area (Å²) in [6.45, 7) is 0.694. The normalized spacial score (nSPS) is 21.5. The van der Waals surface area contributed by atoms with E-state index < -0.39 is 10.0 Å². The minimum Gasteiger partial charge on any atom is -0.338 e. The molecule has 1 saturated heterocycles. The van der Waals surface area contributed by atoms with Crippen LogP contribution in [0.4, 0.5) is 0 Å². The maximum Gasteiger partial charge on any atom is 0.263 e. The highest BCUT2D eigenvalue weighted by molar-refractivity contribution is 7.90. The second kappa shape index (κ2) is 7.75. The molecule has 146 valence electrons. The number of rotatable bonds is 5. The zero-order valence-electron chi connectivity index (χ0n) is 15.5. The van der Waals surface area contributed by atoms with Crippen LogP contribution in [0, 0.1) is 0 Å². The minimum absolute atomic E-state index is 0.0476. The van der Waals surface area contributed by atoms with Crippen LogP contribution in [-0.4, -0.2) is 44.2 Å². The molecule has 28 heavy (non-hydrogen) atoms. The Bertz CT molecular complexity index is 1000. The van der Waals surface area contributed by atoms with Crippen LogP contribution in [-0.2, 0) is 21.2 Å². The number of aliphatic imine (C=N–C) groups is 1. The molecule has 7 heteroatoms. The Kier molecular flexibility index (Phi) is 5.17. The lowest BCUT2D eigenvalue weighted by Gasteiger charge is -2.24. The van der Waals surface area contributed by atoms with Crippen molar-refractivity contribution in [3.63, 3.8) is 0 Å². The van der Waals surface area contributed by atoms with Crippen molar-refractivity contribution < 1.29 is 13.2 Å². The van der Waals surface area contributed by atoms with Crippen molar-refractivity contribution in [3.05, 3.63) is 65.7 Å². The molecule has 2 aliphatic rings. The molecule has 0 bridgehead atoms. The quantitative estimate of drug-likeness (QED) is 0.841. The number of nitrogens with one attached hydrogen (secondary N) is 1. The summed E-state index contributed by atoms with van der Waals surface area (Å²) >= 11 is 0. The molecule has 2 aromatic rings. The molecule has 2 heterocycles. The zero-order chi connectivity index (χ0) is 19.6. The lowest BCUT2D eigenvalue weighted by atomic mass is 10.0. The lowest BCUT2D eigenvalue weighted by molar-refractivity contribution is -0.130. The van der Waals surface area contributed by atoms with E-state index in [1.807, 2.05) is 23.1 Å². The minimum atomic E-state index is -3.58. The summed E-state index contributed by atoms with van der Waals surface area (Å²) in [5.74, 6) is 0.204. The highest BCUT2D eigenvalue weighted by atomic mass is 32.2. The van der Waals surface area contributed by atoms with Gasteiger partial charge in [-0.05, 0) is 43.4 Å². The van der Waals surface area contributed by atoms with Gasteiger partial charge in [-0.15, -0.1) is 0 Å². The van der Waals surface area contributed by atoms with E-state index in [4.69, 9.17) is 0 Å². The topological polar surface area (TPSA) is 78.8 Å². The Morgan fingerprint density at radius 3 is 2.68 bits per heavy atom. The maximum atomic E-state index is 12.7. The van der Waals surface area contributed by atoms with Gasteiger partial charge in [-0.1, -0.05) is 42.5 Å². The zero-order valence-corrected chi connectivity index (χ0v) is 16.4. The van der Waals surface area contributed by atoms with Gasteiger partial charge in [0.1, 0.15) is 12.4 Å². The number of amidine groups is 1. The van der Waals surface area contributed by atoms with Gasteiger partial charge in [0.2, 0.25) is 5.91 Å². The first-order chi connectivity index (χ1) is 13.5. The van der Waals surface area contributed by atoms with Crippen molar-refractivity contribution in [2.24, 2.45) is 4.99 Å². The van der Waals surface area contributed by atoms with Crippen LogP contribution in [0.3, 0.4) is 0 Å². The molecule has 1 amide bonds. The first-order valence-electron chi connectivity index (χ1n) is 9.55. The standard InChI is InChI=1S/C21H23N3O3S/c25-20(15-22-21-18-10-4-5-11-19(18)28(26,27)23-21)24-14-6-9-17(24)13-12-16-7-2-1-3-8-16/h1-5,7-8,10-11,17H,6,9,12-15H2,(H,22,23)/t17-/m1/s1. The van der Waals surface area contributed by atoms with E-state index in [0.717, 1.165) is 32.2 Å². The van der Waals surface area contributed by atoms with E-state index in [9.17, 15) is 13.2 Å². The summed E-state index contributed by atoms with van der Waals surface area (Å²) in [6.07, 6.45) is 3.88. The van der Waals surface area contributed by atoms with E-state index in [1.165, 1.54) is 5.56 Å². The summed E-state index contributed by atoms with van der Waals surface area (Å²) in [6, 6.07) is 17.2. The number of carbonyl (C=O) groups is 1. The first-order valence-corrected chi connectivity index (χ1v) is 11.0. The first kappa shape index (κ1) is 18.7. The van der Waals surface area contributed by atoms with Gasteiger partial charge >= 0.3 is 0 Å². The number of hydrogen-bond acceptors (Lipinski definition) is 4. The third kappa shape index (κ3) is 3.80. The third-order valence-corrected chi connectivity index (χ3v) is 6.74. The van der Waals surface area contributed by atoms with Crippen molar-refractivity contribution in [2.45, 2.75) is 36.6 Å². The lowest BCUT2D eigenvalue weighted by Crippen LogP contribution is -2.37. The van der Waals surface area contributed by atoms with Gasteiger partial charge in [0.05, 0.1) is 4.90 Å². The summed E-state index contributed by atoms with van der Waals surface area (Å²) < 4.78 is 26.7. The predicted octanol–water partition coefficient (Wildman–Crippen LogP) is 2.35. The van der Waals surface area contributed by atoms with Gasteiger partial charge in [0.25, 0.3) is 10.0 Å². The second-order valence-corrected chi connectivity index (χ2v) is 8.82. The van der Waals surface area contributed by atoms with Crippen LogP contribution in [0.5, 0.6) is 0 Å². The van der Waals surface area contributed by atoms with Crippen LogP contribution >= 0.6 is 0 Å². The smallest absolute Gasteiger partial charge is 0.263 e. The molecule has 1 N–H and O–H groups in total. The molecular formula is C21H23N3O3S. The molecule has 2 aromatic carbocycles. The number of amides is 1. The average Bonchev–Trinajstić information content (AvgIpc) is 3.28. The van der Waals surface area contributed by atoms with E-state index in [2.05, 4.69) is 21.8 Å². The average molecular weight is 398 g/mol. The highest BCUT2D eigenvalue weighted by Crippen LogP contribution is 2.24. The number of likely N-dealkylation sites (tertiary alicyclic amines) is 1. The molecule has 1 fully saturated rings. The molecule has 0 saturated carbocycles. The number of benzene rings is 2. The Morgan fingerprint density at radius 2 is 1.86 bits per heavy atom. The molecule has 0 aliphatic carbocycles. The Morgan fingerprint density at radius 1 is 1.11 bits per heavy atom. The van der Waals surface area contributed by atoms with Crippen LogP contribution in [0.2, 0.25) is 0 Å². The van der Waals surface area contributed by atoms with Crippen molar-refractivity contribution in [1.29, 1.82) is 0 Å².